The summed E-state index contributed by atoms with van der Waals surface area (Å²) >= 11 is 0. The lowest BCUT2D eigenvalue weighted by Gasteiger charge is -2.49. The Bertz CT molecular complexity index is 408. The van der Waals surface area contributed by atoms with E-state index < -0.39 is 0 Å². The van der Waals surface area contributed by atoms with E-state index in [1.165, 1.54) is 5.56 Å². The molecule has 2 atom stereocenters. The normalized spacial score (nSPS) is 27.9. The predicted molar refractivity (Wildman–Crippen MR) is 83.7 cm³/mol. The second-order valence-electron chi connectivity index (χ2n) is 6.24. The van der Waals surface area contributed by atoms with Gasteiger partial charge < -0.3 is 10.6 Å². The van der Waals surface area contributed by atoms with Crippen LogP contribution in [0.2, 0.25) is 0 Å². The van der Waals surface area contributed by atoms with Crippen molar-refractivity contribution in [2.75, 3.05) is 33.7 Å². The second-order valence-corrected chi connectivity index (χ2v) is 6.24. The minimum atomic E-state index is 0.166. The molecule has 2 unspecified atom stereocenters. The topological polar surface area (TPSA) is 45.4 Å². The van der Waals surface area contributed by atoms with Crippen LogP contribution < -0.4 is 5.73 Å². The molecule has 0 radical (unpaired) electrons. The molecular weight excluding hydrogens is 248 g/mol. The average molecular weight is 276 g/mol. The van der Waals surface area contributed by atoms with E-state index in [0.717, 1.165) is 38.9 Å². The van der Waals surface area contributed by atoms with Crippen molar-refractivity contribution in [2.45, 2.75) is 37.8 Å². The lowest BCUT2D eigenvalue weighted by molar-refractivity contribution is 0.0276. The molecule has 0 aromatic carbocycles. The van der Waals surface area contributed by atoms with E-state index in [4.69, 9.17) is 5.73 Å². The molecule has 0 amide bonds. The number of hydrogen-bond donors (Lipinski definition) is 1. The van der Waals surface area contributed by atoms with Gasteiger partial charge in [0, 0.05) is 37.1 Å². The van der Waals surface area contributed by atoms with Crippen LogP contribution in [-0.2, 0) is 6.42 Å². The fourth-order valence-corrected chi connectivity index (χ4v) is 3.18. The smallest absolute Gasteiger partial charge is 0.0355 e. The average Bonchev–Trinajstić information content (AvgIpc) is 2.49. The monoisotopic (exact) mass is 276 g/mol. The van der Waals surface area contributed by atoms with Gasteiger partial charge in [-0.15, -0.1) is 0 Å². The van der Waals surface area contributed by atoms with E-state index in [1.54, 1.807) is 0 Å². The number of piperidine rings is 1. The fourth-order valence-electron chi connectivity index (χ4n) is 3.18. The molecule has 1 aliphatic heterocycles. The van der Waals surface area contributed by atoms with Gasteiger partial charge in [-0.2, -0.15) is 0 Å². The van der Waals surface area contributed by atoms with Crippen LogP contribution in [0.5, 0.6) is 0 Å². The summed E-state index contributed by atoms with van der Waals surface area (Å²) < 4.78 is 0. The first-order chi connectivity index (χ1) is 9.57. The third-order valence-corrected chi connectivity index (χ3v) is 5.03. The Balaban J connectivity index is 1.97. The Labute approximate surface area is 123 Å². The molecule has 1 saturated heterocycles. The summed E-state index contributed by atoms with van der Waals surface area (Å²) in [6.45, 7) is 5.24. The molecule has 1 aliphatic rings. The number of aromatic nitrogens is 1. The highest BCUT2D eigenvalue weighted by Gasteiger charge is 2.38. The molecule has 2 heterocycles. The highest BCUT2D eigenvalue weighted by Crippen LogP contribution is 2.30. The molecule has 1 aromatic rings. The van der Waals surface area contributed by atoms with E-state index in [9.17, 15) is 0 Å². The Morgan fingerprint density at radius 2 is 2.15 bits per heavy atom. The van der Waals surface area contributed by atoms with Crippen molar-refractivity contribution >= 4 is 0 Å². The SMILES string of the molecule is CC1CC(CN)(N(C)CCc2ccncc2)CCN1C. The molecule has 0 spiro atoms. The van der Waals surface area contributed by atoms with Gasteiger partial charge >= 0.3 is 0 Å². The first-order valence-corrected chi connectivity index (χ1v) is 7.58. The van der Waals surface area contributed by atoms with Gasteiger partial charge in [0.05, 0.1) is 0 Å². The van der Waals surface area contributed by atoms with Crippen LogP contribution in [0.3, 0.4) is 0 Å². The summed E-state index contributed by atoms with van der Waals surface area (Å²) in [6, 6.07) is 4.80. The molecule has 2 rings (SSSR count). The zero-order valence-corrected chi connectivity index (χ0v) is 13.0. The van der Waals surface area contributed by atoms with Crippen molar-refractivity contribution in [2.24, 2.45) is 5.73 Å². The van der Waals surface area contributed by atoms with Crippen LogP contribution in [0.4, 0.5) is 0 Å². The summed E-state index contributed by atoms with van der Waals surface area (Å²) in [4.78, 5) is 8.99. The van der Waals surface area contributed by atoms with Crippen molar-refractivity contribution in [3.8, 4) is 0 Å². The molecule has 4 heteroatoms. The van der Waals surface area contributed by atoms with E-state index in [2.05, 4.69) is 47.9 Å². The molecule has 4 nitrogen and oxygen atoms in total. The molecule has 0 saturated carbocycles. The van der Waals surface area contributed by atoms with Gasteiger partial charge in [-0.1, -0.05) is 0 Å². The number of rotatable bonds is 5. The maximum atomic E-state index is 6.15. The maximum Gasteiger partial charge on any atom is 0.0355 e. The Kier molecular flexibility index (Phi) is 5.13. The van der Waals surface area contributed by atoms with Crippen molar-refractivity contribution in [3.05, 3.63) is 30.1 Å². The summed E-state index contributed by atoms with van der Waals surface area (Å²) in [7, 11) is 4.44. The van der Waals surface area contributed by atoms with Crippen molar-refractivity contribution in [1.82, 2.24) is 14.8 Å². The Morgan fingerprint density at radius 3 is 2.75 bits per heavy atom. The Morgan fingerprint density at radius 1 is 1.45 bits per heavy atom. The zero-order chi connectivity index (χ0) is 14.6. The number of likely N-dealkylation sites (N-methyl/N-ethyl adjacent to an activating group) is 1. The van der Waals surface area contributed by atoms with Crippen LogP contribution in [-0.4, -0.2) is 60.1 Å². The molecular formula is C16H28N4. The predicted octanol–water partition coefficient (Wildman–Crippen LogP) is 1.37. The summed E-state index contributed by atoms with van der Waals surface area (Å²) in [5, 5.41) is 0. The minimum absolute atomic E-state index is 0.166. The lowest BCUT2D eigenvalue weighted by atomic mass is 9.82. The molecule has 0 bridgehead atoms. The van der Waals surface area contributed by atoms with Crippen LogP contribution in [0, 0.1) is 0 Å². The highest BCUT2D eigenvalue weighted by molar-refractivity contribution is 5.10. The fraction of sp³-hybridized carbons (Fsp3) is 0.688. The zero-order valence-electron chi connectivity index (χ0n) is 13.0. The number of pyridine rings is 1. The van der Waals surface area contributed by atoms with Gasteiger partial charge in [0.15, 0.2) is 0 Å². The standard InChI is InChI=1S/C16H28N4/c1-14-12-16(13-17,7-11-19(14)2)20(3)10-6-15-4-8-18-9-5-15/h4-5,8-9,14H,6-7,10-13,17H2,1-3H3. The number of hydrogen-bond acceptors (Lipinski definition) is 4. The maximum absolute atomic E-state index is 6.15. The molecule has 1 fully saturated rings. The van der Waals surface area contributed by atoms with Crippen LogP contribution >= 0.6 is 0 Å². The number of likely N-dealkylation sites (tertiary alicyclic amines) is 1. The molecule has 1 aromatic heterocycles. The van der Waals surface area contributed by atoms with E-state index in [1.807, 2.05) is 12.4 Å². The Hall–Kier alpha value is -0.970. The molecule has 0 aliphatic carbocycles. The van der Waals surface area contributed by atoms with Gasteiger partial charge in [-0.05, 0) is 64.5 Å². The van der Waals surface area contributed by atoms with E-state index >= 15 is 0 Å². The third kappa shape index (κ3) is 3.37. The van der Waals surface area contributed by atoms with Gasteiger partial charge in [0.1, 0.15) is 0 Å². The van der Waals surface area contributed by atoms with Gasteiger partial charge in [0.25, 0.3) is 0 Å². The van der Waals surface area contributed by atoms with Crippen LogP contribution in [0.15, 0.2) is 24.5 Å². The summed E-state index contributed by atoms with van der Waals surface area (Å²) in [6.07, 6.45) is 7.12. The van der Waals surface area contributed by atoms with Gasteiger partial charge in [-0.25, -0.2) is 0 Å². The molecule has 112 valence electrons. The first-order valence-electron chi connectivity index (χ1n) is 7.58. The van der Waals surface area contributed by atoms with Crippen molar-refractivity contribution in [1.29, 1.82) is 0 Å². The van der Waals surface area contributed by atoms with Crippen molar-refractivity contribution < 1.29 is 0 Å². The summed E-state index contributed by atoms with van der Waals surface area (Å²) in [5.41, 5.74) is 7.66. The first kappa shape index (κ1) is 15.4. The van der Waals surface area contributed by atoms with Crippen LogP contribution in [0.1, 0.15) is 25.3 Å². The number of nitrogens with two attached hydrogens (primary N) is 1. The largest absolute Gasteiger partial charge is 0.329 e. The lowest BCUT2D eigenvalue weighted by Crippen LogP contribution is -2.60. The minimum Gasteiger partial charge on any atom is -0.329 e. The quantitative estimate of drug-likeness (QED) is 0.882. The second kappa shape index (κ2) is 6.66. The van der Waals surface area contributed by atoms with Gasteiger partial charge in [-0.3, -0.25) is 9.88 Å². The van der Waals surface area contributed by atoms with Crippen LogP contribution in [0.25, 0.3) is 0 Å². The third-order valence-electron chi connectivity index (χ3n) is 5.03. The highest BCUT2D eigenvalue weighted by atomic mass is 15.2. The van der Waals surface area contributed by atoms with E-state index in [-0.39, 0.29) is 5.54 Å². The van der Waals surface area contributed by atoms with Gasteiger partial charge in [0.2, 0.25) is 0 Å². The van der Waals surface area contributed by atoms with Crippen molar-refractivity contribution in [3.63, 3.8) is 0 Å². The molecule has 20 heavy (non-hydrogen) atoms. The molecule has 2 N–H and O–H groups in total. The summed E-state index contributed by atoms with van der Waals surface area (Å²) in [5.74, 6) is 0. The van der Waals surface area contributed by atoms with E-state index in [0.29, 0.717) is 6.04 Å². The number of nitrogens with zero attached hydrogens (tertiary/aromatic N) is 3.